The fourth-order valence-corrected chi connectivity index (χ4v) is 5.84. The van der Waals surface area contributed by atoms with Crippen LogP contribution < -0.4 is 10.2 Å². The van der Waals surface area contributed by atoms with Crippen molar-refractivity contribution < 1.29 is 9.18 Å². The number of halogens is 2. The van der Waals surface area contributed by atoms with Crippen molar-refractivity contribution in [3.05, 3.63) is 52.2 Å². The summed E-state index contributed by atoms with van der Waals surface area (Å²) in [7, 11) is 0. The molecule has 6 nitrogen and oxygen atoms in total. The molecule has 1 aliphatic heterocycles. The average molecular weight is 486 g/mol. The normalized spacial score (nSPS) is 21.7. The van der Waals surface area contributed by atoms with E-state index in [4.69, 9.17) is 11.6 Å². The Hall–Kier alpha value is -2.25. The highest BCUT2D eigenvalue weighted by molar-refractivity contribution is 6.30. The van der Waals surface area contributed by atoms with Crippen LogP contribution >= 0.6 is 11.6 Å². The van der Waals surface area contributed by atoms with Gasteiger partial charge in [0.1, 0.15) is 18.0 Å². The molecule has 3 aliphatic rings. The molecule has 0 bridgehead atoms. The van der Waals surface area contributed by atoms with Crippen molar-refractivity contribution in [3.8, 4) is 0 Å². The van der Waals surface area contributed by atoms with Crippen molar-refractivity contribution in [2.75, 3.05) is 37.6 Å². The summed E-state index contributed by atoms with van der Waals surface area (Å²) in [5.41, 5.74) is 3.12. The number of nitrogens with one attached hydrogen (secondary N) is 1. The molecule has 1 saturated heterocycles. The van der Waals surface area contributed by atoms with Crippen molar-refractivity contribution >= 4 is 23.3 Å². The minimum atomic E-state index is -0.477. The Kier molecular flexibility index (Phi) is 7.02. The molecule has 2 heterocycles. The zero-order valence-corrected chi connectivity index (χ0v) is 20.5. The second-order valence-corrected chi connectivity index (χ2v) is 10.3. The molecule has 1 aromatic heterocycles. The molecular weight excluding hydrogens is 453 g/mol. The van der Waals surface area contributed by atoms with Crippen LogP contribution in [0.2, 0.25) is 5.02 Å². The van der Waals surface area contributed by atoms with Gasteiger partial charge in [0.25, 0.3) is 0 Å². The van der Waals surface area contributed by atoms with Gasteiger partial charge in [0.05, 0.1) is 10.9 Å². The Morgan fingerprint density at radius 3 is 2.68 bits per heavy atom. The molecule has 1 saturated carbocycles. The summed E-state index contributed by atoms with van der Waals surface area (Å²) in [5.74, 6) is 0.641. The van der Waals surface area contributed by atoms with Gasteiger partial charge in [-0.3, -0.25) is 4.79 Å². The molecule has 2 unspecified atom stereocenters. The molecule has 34 heavy (non-hydrogen) atoms. The molecule has 1 aromatic carbocycles. The largest absolute Gasteiger partial charge is 0.353 e. The number of anilines is 1. The van der Waals surface area contributed by atoms with Crippen LogP contribution in [0.4, 0.5) is 10.2 Å². The zero-order valence-electron chi connectivity index (χ0n) is 19.8. The second-order valence-electron chi connectivity index (χ2n) is 9.93. The number of piperazine rings is 1. The van der Waals surface area contributed by atoms with Crippen LogP contribution in [0.15, 0.2) is 24.5 Å². The van der Waals surface area contributed by atoms with Crippen molar-refractivity contribution in [2.24, 2.45) is 0 Å². The summed E-state index contributed by atoms with van der Waals surface area (Å²) in [5, 5.41) is 3.65. The number of hydrogen-bond acceptors (Lipinski definition) is 5. The molecule has 0 spiro atoms. The van der Waals surface area contributed by atoms with Crippen LogP contribution in [0.25, 0.3) is 0 Å². The molecule has 2 aliphatic carbocycles. The third kappa shape index (κ3) is 4.78. The first kappa shape index (κ1) is 23.5. The van der Waals surface area contributed by atoms with Gasteiger partial charge in [-0.1, -0.05) is 37.4 Å². The Balaban J connectivity index is 1.29. The fraction of sp³-hybridized carbons (Fsp3) is 0.577. The van der Waals surface area contributed by atoms with Gasteiger partial charge in [0, 0.05) is 50.0 Å². The number of benzene rings is 1. The summed E-state index contributed by atoms with van der Waals surface area (Å²) in [6.45, 7) is 5.48. The van der Waals surface area contributed by atoms with Gasteiger partial charge in [0.2, 0.25) is 5.91 Å². The average Bonchev–Trinajstić information content (AvgIpc) is 3.51. The molecule has 2 fully saturated rings. The van der Waals surface area contributed by atoms with Crippen LogP contribution in [0.3, 0.4) is 0 Å². The lowest BCUT2D eigenvalue weighted by molar-refractivity contribution is -0.133. The molecule has 5 rings (SSSR count). The summed E-state index contributed by atoms with van der Waals surface area (Å²) < 4.78 is 14.3. The minimum Gasteiger partial charge on any atom is -0.353 e. The highest BCUT2D eigenvalue weighted by Gasteiger charge is 2.32. The lowest BCUT2D eigenvalue weighted by Crippen LogP contribution is -2.51. The molecule has 2 aromatic rings. The summed E-state index contributed by atoms with van der Waals surface area (Å²) in [4.78, 5) is 27.0. The topological polar surface area (TPSA) is 61.4 Å². The van der Waals surface area contributed by atoms with Crippen LogP contribution in [-0.4, -0.2) is 59.5 Å². The molecule has 2 atom stereocenters. The minimum absolute atomic E-state index is 0.0492. The zero-order chi connectivity index (χ0) is 23.7. The number of aromatic nitrogens is 2. The van der Waals surface area contributed by atoms with Gasteiger partial charge in [-0.05, 0) is 49.3 Å². The molecular formula is C26H33ClFN5O. The molecule has 0 radical (unpaired) electrons. The van der Waals surface area contributed by atoms with E-state index in [1.807, 2.05) is 4.90 Å². The van der Waals surface area contributed by atoms with Crippen LogP contribution in [0.1, 0.15) is 67.7 Å². The number of carbonyl (C=O) groups excluding carboxylic acids is 1. The lowest BCUT2D eigenvalue weighted by atomic mass is 9.96. The highest BCUT2D eigenvalue weighted by Crippen LogP contribution is 2.37. The fourth-order valence-electron chi connectivity index (χ4n) is 5.73. The van der Waals surface area contributed by atoms with Gasteiger partial charge in [0.15, 0.2) is 0 Å². The van der Waals surface area contributed by atoms with E-state index in [0.717, 1.165) is 44.6 Å². The van der Waals surface area contributed by atoms with Crippen LogP contribution in [0.5, 0.6) is 0 Å². The summed E-state index contributed by atoms with van der Waals surface area (Å²) in [6, 6.07) is 5.19. The molecule has 1 N–H and O–H groups in total. The quantitative estimate of drug-likeness (QED) is 0.661. The van der Waals surface area contributed by atoms with E-state index >= 15 is 0 Å². The monoisotopic (exact) mass is 485 g/mol. The Morgan fingerprint density at radius 2 is 1.94 bits per heavy atom. The van der Waals surface area contributed by atoms with Crippen molar-refractivity contribution in [3.63, 3.8) is 0 Å². The van der Waals surface area contributed by atoms with Gasteiger partial charge in [-0.15, -0.1) is 0 Å². The Bertz CT molecular complexity index is 1040. The second kappa shape index (κ2) is 10.2. The smallest absolute Gasteiger partial charge is 0.231 e. The first-order valence-electron chi connectivity index (χ1n) is 12.6. The van der Waals surface area contributed by atoms with E-state index < -0.39 is 11.7 Å². The highest BCUT2D eigenvalue weighted by atomic mass is 35.5. The maximum Gasteiger partial charge on any atom is 0.231 e. The number of fused-ring (bicyclic) bond motifs is 1. The number of nitrogens with zero attached hydrogens (tertiary/aromatic N) is 4. The van der Waals surface area contributed by atoms with E-state index in [2.05, 4.69) is 27.1 Å². The first-order chi connectivity index (χ1) is 16.5. The molecule has 182 valence electrons. The summed E-state index contributed by atoms with van der Waals surface area (Å²) >= 11 is 5.92. The van der Waals surface area contributed by atoms with E-state index in [-0.39, 0.29) is 10.9 Å². The Labute approximate surface area is 205 Å². The Morgan fingerprint density at radius 1 is 1.18 bits per heavy atom. The summed E-state index contributed by atoms with van der Waals surface area (Å²) in [6.07, 6.45) is 8.51. The molecule has 8 heteroatoms. The maximum atomic E-state index is 14.3. The number of rotatable bonds is 6. The van der Waals surface area contributed by atoms with Gasteiger partial charge >= 0.3 is 0 Å². The van der Waals surface area contributed by atoms with Crippen LogP contribution in [-0.2, 0) is 11.2 Å². The van der Waals surface area contributed by atoms with Crippen LogP contribution in [0, 0.1) is 5.82 Å². The number of carbonyl (C=O) groups is 1. The number of aryl methyl sites for hydroxylation is 1. The van der Waals surface area contributed by atoms with Crippen molar-refractivity contribution in [2.45, 2.75) is 63.3 Å². The van der Waals surface area contributed by atoms with E-state index in [0.29, 0.717) is 37.2 Å². The number of hydrogen-bond donors (Lipinski definition) is 1. The third-order valence-electron chi connectivity index (χ3n) is 7.75. The van der Waals surface area contributed by atoms with E-state index in [1.54, 1.807) is 18.5 Å². The number of amides is 1. The van der Waals surface area contributed by atoms with Gasteiger partial charge in [-0.25, -0.2) is 14.4 Å². The van der Waals surface area contributed by atoms with Gasteiger partial charge in [-0.2, -0.15) is 0 Å². The third-order valence-corrected chi connectivity index (χ3v) is 8.06. The first-order valence-corrected chi connectivity index (χ1v) is 12.9. The SMILES string of the molecule is CC1CCc2ncnc(N3CCN(C(=O)C(CNC4CCCC4)c4ccc(Cl)c(F)c4)CC3)c21. The maximum absolute atomic E-state index is 14.3. The van der Waals surface area contributed by atoms with Gasteiger partial charge < -0.3 is 15.1 Å². The standard InChI is InChI=1S/C26H33ClFN5O/c1-17-6-9-23-24(17)25(31-16-30-23)32-10-12-33(13-11-32)26(34)20(15-29-19-4-2-3-5-19)18-7-8-21(27)22(28)14-18/h7-8,14,16-17,19-20,29H,2-6,9-13,15H2,1H3. The van der Waals surface area contributed by atoms with E-state index in [1.165, 1.54) is 30.2 Å². The predicted molar refractivity (Wildman–Crippen MR) is 132 cm³/mol. The predicted octanol–water partition coefficient (Wildman–Crippen LogP) is 4.28. The van der Waals surface area contributed by atoms with E-state index in [9.17, 15) is 9.18 Å². The molecule has 1 amide bonds. The lowest BCUT2D eigenvalue weighted by Gasteiger charge is -2.38. The van der Waals surface area contributed by atoms with Crippen molar-refractivity contribution in [1.82, 2.24) is 20.2 Å². The van der Waals surface area contributed by atoms with Crippen molar-refractivity contribution in [1.29, 1.82) is 0 Å².